The van der Waals surface area contributed by atoms with Gasteiger partial charge in [0, 0.05) is 26.2 Å². The van der Waals surface area contributed by atoms with Crippen molar-refractivity contribution >= 4 is 0 Å². The van der Waals surface area contributed by atoms with Gasteiger partial charge in [0.25, 0.3) is 0 Å². The van der Waals surface area contributed by atoms with Crippen molar-refractivity contribution in [2.75, 3.05) is 32.9 Å². The molecule has 1 saturated heterocycles. The van der Waals surface area contributed by atoms with E-state index in [1.165, 1.54) is 12.1 Å². The maximum atomic E-state index is 13.1. The zero-order valence-electron chi connectivity index (χ0n) is 9.13. The van der Waals surface area contributed by atoms with Gasteiger partial charge in [-0.25, -0.2) is 8.78 Å². The molecule has 0 bridgehead atoms. The van der Waals surface area contributed by atoms with Gasteiger partial charge in [-0.1, -0.05) is 12.1 Å². The Morgan fingerprint density at radius 2 is 2.06 bits per heavy atom. The van der Waals surface area contributed by atoms with Crippen LogP contribution in [0.1, 0.15) is 11.6 Å². The molecular weight excluding hydrogens is 210 g/mol. The van der Waals surface area contributed by atoms with Crippen LogP contribution in [0.5, 0.6) is 0 Å². The fourth-order valence-electron chi connectivity index (χ4n) is 2.11. The van der Waals surface area contributed by atoms with Crippen LogP contribution in [-0.2, 0) is 0 Å². The normalized spacial score (nSPS) is 19.6. The van der Waals surface area contributed by atoms with Gasteiger partial charge in [0.1, 0.15) is 12.5 Å². The summed E-state index contributed by atoms with van der Waals surface area (Å²) in [6, 6.07) is 5.92. The van der Waals surface area contributed by atoms with E-state index in [0.717, 1.165) is 31.7 Å². The summed E-state index contributed by atoms with van der Waals surface area (Å²) in [5.41, 5.74) is 0.726. The van der Waals surface area contributed by atoms with Gasteiger partial charge >= 0.3 is 0 Å². The molecule has 1 aliphatic heterocycles. The van der Waals surface area contributed by atoms with E-state index in [0.29, 0.717) is 0 Å². The minimum atomic E-state index is -0.469. The Morgan fingerprint density at radius 1 is 1.31 bits per heavy atom. The molecule has 0 radical (unpaired) electrons. The molecule has 4 heteroatoms. The molecule has 0 amide bonds. The van der Waals surface area contributed by atoms with E-state index in [-0.39, 0.29) is 11.9 Å². The highest BCUT2D eigenvalue weighted by Gasteiger charge is 2.22. The third kappa shape index (κ3) is 2.57. The molecule has 0 unspecified atom stereocenters. The van der Waals surface area contributed by atoms with Gasteiger partial charge in [0.15, 0.2) is 0 Å². The zero-order valence-corrected chi connectivity index (χ0v) is 9.13. The van der Waals surface area contributed by atoms with Gasteiger partial charge in [-0.05, 0) is 17.7 Å². The van der Waals surface area contributed by atoms with Crippen LogP contribution in [0.25, 0.3) is 0 Å². The first kappa shape index (κ1) is 11.5. The second-order valence-corrected chi connectivity index (χ2v) is 4.01. The summed E-state index contributed by atoms with van der Waals surface area (Å²) in [4.78, 5) is 2.06. The molecule has 1 aromatic carbocycles. The van der Waals surface area contributed by atoms with Crippen LogP contribution >= 0.6 is 0 Å². The van der Waals surface area contributed by atoms with Crippen LogP contribution in [-0.4, -0.2) is 37.8 Å². The molecule has 1 N–H and O–H groups in total. The van der Waals surface area contributed by atoms with Crippen molar-refractivity contribution in [1.29, 1.82) is 0 Å². The van der Waals surface area contributed by atoms with Crippen molar-refractivity contribution in [2.45, 2.75) is 6.04 Å². The van der Waals surface area contributed by atoms with E-state index in [2.05, 4.69) is 10.2 Å². The van der Waals surface area contributed by atoms with Gasteiger partial charge in [0.2, 0.25) is 0 Å². The molecule has 2 rings (SSSR count). The SMILES string of the molecule is FC[C@H](c1cccc(F)c1)N1CCNCC1. The second kappa shape index (κ2) is 5.37. The predicted molar refractivity (Wildman–Crippen MR) is 59.6 cm³/mol. The van der Waals surface area contributed by atoms with Gasteiger partial charge in [-0.2, -0.15) is 0 Å². The molecule has 1 atom stereocenters. The monoisotopic (exact) mass is 226 g/mol. The maximum absolute atomic E-state index is 13.1. The number of hydrogen-bond acceptors (Lipinski definition) is 2. The number of nitrogens with one attached hydrogen (secondary N) is 1. The Kier molecular flexibility index (Phi) is 3.85. The fourth-order valence-corrected chi connectivity index (χ4v) is 2.11. The first-order chi connectivity index (χ1) is 7.81. The van der Waals surface area contributed by atoms with Crippen LogP contribution < -0.4 is 5.32 Å². The summed E-state index contributed by atoms with van der Waals surface area (Å²) in [7, 11) is 0. The Hall–Kier alpha value is -1.00. The highest BCUT2D eigenvalue weighted by atomic mass is 19.1. The zero-order chi connectivity index (χ0) is 11.4. The lowest BCUT2D eigenvalue weighted by Gasteiger charge is -2.33. The highest BCUT2D eigenvalue weighted by Crippen LogP contribution is 2.22. The van der Waals surface area contributed by atoms with E-state index in [1.54, 1.807) is 12.1 Å². The van der Waals surface area contributed by atoms with Crippen molar-refractivity contribution in [3.05, 3.63) is 35.6 Å². The number of alkyl halides is 1. The minimum absolute atomic E-state index is 0.300. The molecule has 0 saturated carbocycles. The van der Waals surface area contributed by atoms with E-state index in [1.807, 2.05) is 0 Å². The number of benzene rings is 1. The molecule has 1 aromatic rings. The molecule has 88 valence electrons. The molecule has 1 aliphatic rings. The largest absolute Gasteiger partial charge is 0.314 e. The second-order valence-electron chi connectivity index (χ2n) is 4.01. The Morgan fingerprint density at radius 3 is 2.69 bits per heavy atom. The molecule has 1 fully saturated rings. The molecule has 16 heavy (non-hydrogen) atoms. The third-order valence-corrected chi connectivity index (χ3v) is 2.97. The summed E-state index contributed by atoms with van der Waals surface area (Å²) in [6.07, 6.45) is 0. The Labute approximate surface area is 94.3 Å². The maximum Gasteiger partial charge on any atom is 0.123 e. The van der Waals surface area contributed by atoms with Crippen LogP contribution in [0.15, 0.2) is 24.3 Å². The van der Waals surface area contributed by atoms with E-state index in [4.69, 9.17) is 0 Å². The van der Waals surface area contributed by atoms with Gasteiger partial charge in [0.05, 0.1) is 6.04 Å². The molecule has 2 nitrogen and oxygen atoms in total. The first-order valence-corrected chi connectivity index (χ1v) is 5.57. The molecule has 0 aromatic heterocycles. The smallest absolute Gasteiger partial charge is 0.123 e. The number of hydrogen-bond donors (Lipinski definition) is 1. The Balaban J connectivity index is 2.14. The number of halogens is 2. The Bertz CT molecular complexity index is 338. The molecule has 0 aliphatic carbocycles. The summed E-state index contributed by atoms with van der Waals surface area (Å²) < 4.78 is 26.2. The fraction of sp³-hybridized carbons (Fsp3) is 0.500. The highest BCUT2D eigenvalue weighted by molar-refractivity contribution is 5.20. The third-order valence-electron chi connectivity index (χ3n) is 2.97. The lowest BCUT2D eigenvalue weighted by atomic mass is 10.1. The summed E-state index contributed by atoms with van der Waals surface area (Å²) in [6.45, 7) is 2.89. The molecule has 1 heterocycles. The predicted octanol–water partition coefficient (Wildman–Crippen LogP) is 1.74. The number of rotatable bonds is 3. The van der Waals surface area contributed by atoms with E-state index >= 15 is 0 Å². The van der Waals surface area contributed by atoms with Crippen LogP contribution in [0.4, 0.5) is 8.78 Å². The summed E-state index contributed by atoms with van der Waals surface area (Å²) in [5, 5.41) is 3.22. The lowest BCUT2D eigenvalue weighted by molar-refractivity contribution is 0.147. The van der Waals surface area contributed by atoms with Crippen LogP contribution in [0.2, 0.25) is 0 Å². The van der Waals surface area contributed by atoms with Crippen LogP contribution in [0.3, 0.4) is 0 Å². The summed E-state index contributed by atoms with van der Waals surface area (Å²) >= 11 is 0. The molecule has 0 spiro atoms. The average molecular weight is 226 g/mol. The summed E-state index contributed by atoms with van der Waals surface area (Å²) in [5.74, 6) is -0.300. The van der Waals surface area contributed by atoms with E-state index < -0.39 is 6.67 Å². The van der Waals surface area contributed by atoms with Gasteiger partial charge in [-0.3, -0.25) is 4.90 Å². The number of piperazine rings is 1. The van der Waals surface area contributed by atoms with Crippen LogP contribution in [0, 0.1) is 5.82 Å². The first-order valence-electron chi connectivity index (χ1n) is 5.57. The van der Waals surface area contributed by atoms with Gasteiger partial charge < -0.3 is 5.32 Å². The van der Waals surface area contributed by atoms with Crippen molar-refractivity contribution in [1.82, 2.24) is 10.2 Å². The van der Waals surface area contributed by atoms with Gasteiger partial charge in [-0.15, -0.1) is 0 Å². The van der Waals surface area contributed by atoms with E-state index in [9.17, 15) is 8.78 Å². The standard InChI is InChI=1S/C12H16F2N2/c13-9-12(16-6-4-15-5-7-16)10-2-1-3-11(14)8-10/h1-3,8,12,15H,4-7,9H2/t12-/m1/s1. The molecular formula is C12H16F2N2. The van der Waals surface area contributed by atoms with Crippen molar-refractivity contribution in [3.8, 4) is 0 Å². The topological polar surface area (TPSA) is 15.3 Å². The quantitative estimate of drug-likeness (QED) is 0.844. The average Bonchev–Trinajstić information content (AvgIpc) is 2.31. The van der Waals surface area contributed by atoms with Crippen molar-refractivity contribution in [2.24, 2.45) is 0 Å². The number of nitrogens with zero attached hydrogens (tertiary/aromatic N) is 1. The van der Waals surface area contributed by atoms with Crippen molar-refractivity contribution in [3.63, 3.8) is 0 Å². The van der Waals surface area contributed by atoms with Crippen molar-refractivity contribution < 1.29 is 8.78 Å². The minimum Gasteiger partial charge on any atom is -0.314 e. The lowest BCUT2D eigenvalue weighted by Crippen LogP contribution is -2.45.